The van der Waals surface area contributed by atoms with Crippen molar-refractivity contribution in [3.05, 3.63) is 64.1 Å². The number of benzene rings is 2. The van der Waals surface area contributed by atoms with Crippen molar-refractivity contribution in [2.24, 2.45) is 7.05 Å². The summed E-state index contributed by atoms with van der Waals surface area (Å²) < 4.78 is 1.86. The maximum atomic E-state index is 13.2. The zero-order chi connectivity index (χ0) is 22.0. The average Bonchev–Trinajstić information content (AvgIpc) is 3.02. The van der Waals surface area contributed by atoms with E-state index in [1.54, 1.807) is 36.4 Å². The lowest BCUT2D eigenvalue weighted by molar-refractivity contribution is -0.127. The first kappa shape index (κ1) is 21.9. The van der Waals surface area contributed by atoms with Gasteiger partial charge in [-0.2, -0.15) is 0 Å². The number of rotatable bonds is 4. The molecule has 0 aliphatic carbocycles. The minimum atomic E-state index is -0.403. The van der Waals surface area contributed by atoms with Gasteiger partial charge in [0, 0.05) is 34.8 Å². The maximum absolute atomic E-state index is 13.2. The summed E-state index contributed by atoms with van der Waals surface area (Å²) in [6.07, 6.45) is 2.31. The Hall–Kier alpha value is -2.35. The van der Waals surface area contributed by atoms with Crippen LogP contribution in [0.2, 0.25) is 10.0 Å². The van der Waals surface area contributed by atoms with E-state index < -0.39 is 5.25 Å². The minimum absolute atomic E-state index is 0.196. The second-order valence-electron chi connectivity index (χ2n) is 7.28. The summed E-state index contributed by atoms with van der Waals surface area (Å²) in [5.74, 6) is 0.196. The zero-order valence-corrected chi connectivity index (χ0v) is 19.1. The van der Waals surface area contributed by atoms with Crippen LogP contribution in [0.3, 0.4) is 0 Å². The second-order valence-corrected chi connectivity index (χ2v) is 9.32. The standard InChI is InChI=1S/C22H20Cl2N4O2S/c1-27-19(14-5-9-16(23)10-6-14)25-26-22(27)31-18-4-2-3-13-28(21(18)30)20(29)15-7-11-17(24)12-8-15/h5-12,18H,2-4,13H2,1H3/t18-/m0/s1. The minimum Gasteiger partial charge on any atom is -0.305 e. The van der Waals surface area contributed by atoms with Crippen molar-refractivity contribution in [2.45, 2.75) is 29.7 Å². The molecular weight excluding hydrogens is 455 g/mol. The van der Waals surface area contributed by atoms with Crippen LogP contribution >= 0.6 is 35.0 Å². The molecule has 2 heterocycles. The van der Waals surface area contributed by atoms with E-state index in [0.29, 0.717) is 39.6 Å². The number of aromatic nitrogens is 3. The number of hydrogen-bond acceptors (Lipinski definition) is 5. The lowest BCUT2D eigenvalue weighted by atomic mass is 10.2. The van der Waals surface area contributed by atoms with Crippen LogP contribution in [0, 0.1) is 0 Å². The quantitative estimate of drug-likeness (QED) is 0.491. The van der Waals surface area contributed by atoms with Gasteiger partial charge in [0.25, 0.3) is 5.91 Å². The lowest BCUT2D eigenvalue weighted by Crippen LogP contribution is -2.41. The molecule has 1 aliphatic rings. The number of nitrogens with zero attached hydrogens (tertiary/aromatic N) is 4. The van der Waals surface area contributed by atoms with Gasteiger partial charge < -0.3 is 4.57 Å². The highest BCUT2D eigenvalue weighted by atomic mass is 35.5. The van der Waals surface area contributed by atoms with Crippen molar-refractivity contribution in [1.82, 2.24) is 19.7 Å². The third-order valence-corrected chi connectivity index (χ3v) is 6.95. The summed E-state index contributed by atoms with van der Waals surface area (Å²) in [6.45, 7) is 0.409. The molecule has 0 saturated carbocycles. The Kier molecular flexibility index (Phi) is 6.65. The number of imide groups is 1. The summed E-state index contributed by atoms with van der Waals surface area (Å²) in [4.78, 5) is 27.6. The maximum Gasteiger partial charge on any atom is 0.260 e. The molecule has 2 aromatic carbocycles. The van der Waals surface area contributed by atoms with Gasteiger partial charge in [-0.05, 0) is 61.4 Å². The Morgan fingerprint density at radius 1 is 1.00 bits per heavy atom. The molecule has 1 fully saturated rings. The van der Waals surface area contributed by atoms with Gasteiger partial charge in [0.1, 0.15) is 0 Å². The molecule has 1 aliphatic heterocycles. The van der Waals surface area contributed by atoms with Crippen molar-refractivity contribution in [1.29, 1.82) is 0 Å². The number of hydrogen-bond donors (Lipinski definition) is 0. The third kappa shape index (κ3) is 4.79. The van der Waals surface area contributed by atoms with Crippen LogP contribution in [-0.2, 0) is 11.8 Å². The molecule has 2 amide bonds. The highest BCUT2D eigenvalue weighted by molar-refractivity contribution is 8.00. The largest absolute Gasteiger partial charge is 0.305 e. The van der Waals surface area contributed by atoms with Crippen LogP contribution in [0.4, 0.5) is 0 Å². The Balaban J connectivity index is 1.54. The number of carbonyl (C=O) groups excluding carboxylic acids is 2. The number of thioether (sulfide) groups is 1. The average molecular weight is 475 g/mol. The molecular formula is C22H20Cl2N4O2S. The van der Waals surface area contributed by atoms with E-state index in [2.05, 4.69) is 10.2 Å². The van der Waals surface area contributed by atoms with E-state index >= 15 is 0 Å². The SMILES string of the molecule is Cn1c(S[C@H]2CCCCN(C(=O)c3ccc(Cl)cc3)C2=O)nnc1-c1ccc(Cl)cc1. The predicted octanol–water partition coefficient (Wildman–Crippen LogP) is 5.10. The summed E-state index contributed by atoms with van der Waals surface area (Å²) in [5, 5.41) is 9.99. The molecule has 4 rings (SSSR count). The highest BCUT2D eigenvalue weighted by Gasteiger charge is 2.33. The number of carbonyl (C=O) groups is 2. The second kappa shape index (κ2) is 9.42. The van der Waals surface area contributed by atoms with Gasteiger partial charge in [0.15, 0.2) is 11.0 Å². The number of amides is 2. The van der Waals surface area contributed by atoms with E-state index in [1.807, 2.05) is 23.7 Å². The van der Waals surface area contributed by atoms with Crippen molar-refractivity contribution < 1.29 is 9.59 Å². The van der Waals surface area contributed by atoms with Crippen molar-refractivity contribution in [2.75, 3.05) is 6.54 Å². The van der Waals surface area contributed by atoms with E-state index in [9.17, 15) is 9.59 Å². The Morgan fingerprint density at radius 3 is 2.32 bits per heavy atom. The molecule has 1 aromatic heterocycles. The summed E-state index contributed by atoms with van der Waals surface area (Å²) in [7, 11) is 1.87. The predicted molar refractivity (Wildman–Crippen MR) is 122 cm³/mol. The van der Waals surface area contributed by atoms with Gasteiger partial charge >= 0.3 is 0 Å². The first-order chi connectivity index (χ1) is 14.9. The third-order valence-electron chi connectivity index (χ3n) is 5.16. The topological polar surface area (TPSA) is 68.1 Å². The number of halogens is 2. The Morgan fingerprint density at radius 2 is 1.65 bits per heavy atom. The van der Waals surface area contributed by atoms with Gasteiger partial charge in [-0.1, -0.05) is 41.4 Å². The van der Waals surface area contributed by atoms with Crippen LogP contribution in [0.15, 0.2) is 53.7 Å². The molecule has 0 N–H and O–H groups in total. The molecule has 1 saturated heterocycles. The first-order valence-corrected chi connectivity index (χ1v) is 11.5. The van der Waals surface area contributed by atoms with E-state index in [-0.39, 0.29) is 11.8 Å². The Bertz CT molecular complexity index is 1100. The van der Waals surface area contributed by atoms with Crippen LogP contribution in [0.1, 0.15) is 29.6 Å². The van der Waals surface area contributed by atoms with Gasteiger partial charge in [-0.25, -0.2) is 0 Å². The molecule has 160 valence electrons. The van der Waals surface area contributed by atoms with Crippen molar-refractivity contribution in [3.8, 4) is 11.4 Å². The van der Waals surface area contributed by atoms with Gasteiger partial charge in [-0.15, -0.1) is 10.2 Å². The normalized spacial score (nSPS) is 16.9. The Labute approximate surface area is 194 Å². The lowest BCUT2D eigenvalue weighted by Gasteiger charge is -2.22. The molecule has 1 atom stereocenters. The van der Waals surface area contributed by atoms with E-state index in [0.717, 1.165) is 18.4 Å². The molecule has 9 heteroatoms. The first-order valence-electron chi connectivity index (χ1n) is 9.87. The molecule has 3 aromatic rings. The smallest absolute Gasteiger partial charge is 0.260 e. The van der Waals surface area contributed by atoms with Gasteiger partial charge in [-0.3, -0.25) is 14.5 Å². The molecule has 0 unspecified atom stereocenters. The molecule has 6 nitrogen and oxygen atoms in total. The monoisotopic (exact) mass is 474 g/mol. The van der Waals surface area contributed by atoms with Crippen LogP contribution < -0.4 is 0 Å². The number of likely N-dealkylation sites (tertiary alicyclic amines) is 1. The van der Waals surface area contributed by atoms with Gasteiger partial charge in [0.05, 0.1) is 5.25 Å². The summed E-state index contributed by atoms with van der Waals surface area (Å²) in [5.41, 5.74) is 1.34. The van der Waals surface area contributed by atoms with Crippen LogP contribution in [0.25, 0.3) is 11.4 Å². The van der Waals surface area contributed by atoms with Gasteiger partial charge in [0.2, 0.25) is 5.91 Å². The van der Waals surface area contributed by atoms with Crippen molar-refractivity contribution in [3.63, 3.8) is 0 Å². The summed E-state index contributed by atoms with van der Waals surface area (Å²) in [6, 6.07) is 14.0. The molecule has 0 radical (unpaired) electrons. The van der Waals surface area contributed by atoms with Crippen LogP contribution in [-0.4, -0.2) is 43.3 Å². The fraction of sp³-hybridized carbons (Fsp3) is 0.273. The fourth-order valence-corrected chi connectivity index (χ4v) is 4.81. The molecule has 0 spiro atoms. The fourth-order valence-electron chi connectivity index (χ4n) is 3.46. The van der Waals surface area contributed by atoms with Crippen LogP contribution in [0.5, 0.6) is 0 Å². The molecule has 31 heavy (non-hydrogen) atoms. The zero-order valence-electron chi connectivity index (χ0n) is 16.8. The highest BCUT2D eigenvalue weighted by Crippen LogP contribution is 2.31. The van der Waals surface area contributed by atoms with E-state index in [4.69, 9.17) is 23.2 Å². The molecule has 0 bridgehead atoms. The van der Waals surface area contributed by atoms with E-state index in [1.165, 1.54) is 16.7 Å². The van der Waals surface area contributed by atoms with Crippen molar-refractivity contribution >= 4 is 46.8 Å². The summed E-state index contributed by atoms with van der Waals surface area (Å²) >= 11 is 13.2.